The van der Waals surface area contributed by atoms with Gasteiger partial charge in [0.05, 0.1) is 27.8 Å². The molecule has 7 nitrogen and oxygen atoms in total. The molecule has 2 aromatic carbocycles. The van der Waals surface area contributed by atoms with Crippen LogP contribution in [0, 0.1) is 6.92 Å². The summed E-state index contributed by atoms with van der Waals surface area (Å²) in [6, 6.07) is 12.2. The molecule has 3 aromatic rings. The SMILES string of the molecule is Cc1ccc(S(=O)(=O)N2CCCC2C(=O)N(CC2CCCO2)c2nc3c(C(C)C)cccc3s2)cc1. The minimum atomic E-state index is -3.80. The molecule has 0 saturated carbocycles. The van der Waals surface area contributed by atoms with Crippen LogP contribution in [-0.2, 0) is 19.6 Å². The predicted molar refractivity (Wildman–Crippen MR) is 143 cm³/mol. The Kier molecular flexibility index (Phi) is 7.18. The van der Waals surface area contributed by atoms with Crippen molar-refractivity contribution in [2.24, 2.45) is 0 Å². The van der Waals surface area contributed by atoms with Crippen LogP contribution < -0.4 is 4.90 Å². The summed E-state index contributed by atoms with van der Waals surface area (Å²) in [6.45, 7) is 7.58. The summed E-state index contributed by atoms with van der Waals surface area (Å²) in [6.07, 6.45) is 2.90. The number of rotatable bonds is 7. The van der Waals surface area contributed by atoms with Gasteiger partial charge in [-0.05, 0) is 62.3 Å². The lowest BCUT2D eigenvalue weighted by molar-refractivity contribution is -0.122. The number of anilines is 1. The number of amides is 1. The number of carbonyl (C=O) groups excluding carboxylic acids is 1. The number of aromatic nitrogens is 1. The number of fused-ring (bicyclic) bond motifs is 1. The van der Waals surface area contributed by atoms with Crippen LogP contribution in [0.25, 0.3) is 10.2 Å². The number of benzene rings is 2. The molecule has 9 heteroatoms. The van der Waals surface area contributed by atoms with E-state index in [1.807, 2.05) is 19.1 Å². The first kappa shape index (κ1) is 25.3. The van der Waals surface area contributed by atoms with E-state index in [1.54, 1.807) is 29.2 Å². The number of ether oxygens (including phenoxy) is 1. The number of aryl methyl sites for hydroxylation is 1. The van der Waals surface area contributed by atoms with Crippen molar-refractivity contribution in [1.29, 1.82) is 0 Å². The van der Waals surface area contributed by atoms with Crippen LogP contribution in [0.3, 0.4) is 0 Å². The minimum absolute atomic E-state index is 0.0749. The van der Waals surface area contributed by atoms with Crippen LogP contribution in [-0.4, -0.2) is 55.5 Å². The summed E-state index contributed by atoms with van der Waals surface area (Å²) >= 11 is 1.48. The fraction of sp³-hybridized carbons (Fsp3) is 0.481. The van der Waals surface area contributed by atoms with Crippen molar-refractivity contribution in [2.75, 3.05) is 24.6 Å². The van der Waals surface area contributed by atoms with Crippen molar-refractivity contribution in [3.05, 3.63) is 53.6 Å². The quantitative estimate of drug-likeness (QED) is 0.427. The molecule has 0 bridgehead atoms. The summed E-state index contributed by atoms with van der Waals surface area (Å²) in [4.78, 5) is 20.9. The third-order valence-corrected chi connectivity index (χ3v) is 10.1. The number of sulfonamides is 1. The van der Waals surface area contributed by atoms with Gasteiger partial charge in [-0.15, -0.1) is 0 Å². The highest BCUT2D eigenvalue weighted by Gasteiger charge is 2.42. The molecule has 0 N–H and O–H groups in total. The smallest absolute Gasteiger partial charge is 0.247 e. The van der Waals surface area contributed by atoms with E-state index >= 15 is 0 Å². The monoisotopic (exact) mass is 527 g/mol. The molecule has 2 atom stereocenters. The van der Waals surface area contributed by atoms with E-state index in [-0.39, 0.29) is 16.9 Å². The van der Waals surface area contributed by atoms with Gasteiger partial charge in [-0.25, -0.2) is 13.4 Å². The highest BCUT2D eigenvalue weighted by molar-refractivity contribution is 7.89. The number of carbonyl (C=O) groups is 1. The summed E-state index contributed by atoms with van der Waals surface area (Å²) in [5, 5.41) is 0.609. The van der Waals surface area contributed by atoms with E-state index in [4.69, 9.17) is 9.72 Å². The zero-order valence-corrected chi connectivity index (χ0v) is 22.6. The first-order valence-electron chi connectivity index (χ1n) is 12.7. The van der Waals surface area contributed by atoms with Crippen LogP contribution in [0.5, 0.6) is 0 Å². The number of para-hydroxylation sites is 1. The van der Waals surface area contributed by atoms with Gasteiger partial charge in [-0.2, -0.15) is 4.31 Å². The Morgan fingerprint density at radius 1 is 1.17 bits per heavy atom. The fourth-order valence-corrected chi connectivity index (χ4v) is 7.76. The van der Waals surface area contributed by atoms with E-state index in [0.717, 1.165) is 34.2 Å². The van der Waals surface area contributed by atoms with Gasteiger partial charge >= 0.3 is 0 Å². The Labute approximate surface area is 217 Å². The molecular formula is C27H33N3O4S2. The lowest BCUT2D eigenvalue weighted by atomic mass is 10.0. The molecule has 1 aromatic heterocycles. The summed E-state index contributed by atoms with van der Waals surface area (Å²) < 4.78 is 35.4. The molecule has 2 saturated heterocycles. The van der Waals surface area contributed by atoms with E-state index in [9.17, 15) is 13.2 Å². The molecule has 36 heavy (non-hydrogen) atoms. The Morgan fingerprint density at radius 2 is 1.94 bits per heavy atom. The molecule has 2 fully saturated rings. The molecular weight excluding hydrogens is 494 g/mol. The van der Waals surface area contributed by atoms with Crippen LogP contribution in [0.2, 0.25) is 0 Å². The van der Waals surface area contributed by atoms with Crippen molar-refractivity contribution < 1.29 is 17.9 Å². The number of hydrogen-bond donors (Lipinski definition) is 0. The summed E-state index contributed by atoms with van der Waals surface area (Å²) in [5.41, 5.74) is 3.04. The maximum absolute atomic E-state index is 14.1. The number of thiazole rings is 1. The second-order valence-electron chi connectivity index (χ2n) is 10.0. The minimum Gasteiger partial charge on any atom is -0.376 e. The van der Waals surface area contributed by atoms with Gasteiger partial charge in [-0.1, -0.05) is 55.0 Å². The van der Waals surface area contributed by atoms with Gasteiger partial charge in [0.1, 0.15) is 6.04 Å². The standard InChI is InChI=1S/C27H33N3O4S2/c1-18(2)22-8-4-10-24-25(22)28-27(35-24)29(17-20-7-6-16-34-20)26(31)23-9-5-15-30(23)36(32,33)21-13-11-19(3)12-14-21/h4,8,10-14,18,20,23H,5-7,9,15-17H2,1-3H3. The highest BCUT2D eigenvalue weighted by atomic mass is 32.2. The van der Waals surface area contributed by atoms with Crippen molar-refractivity contribution in [3.8, 4) is 0 Å². The van der Waals surface area contributed by atoms with E-state index in [1.165, 1.54) is 15.6 Å². The van der Waals surface area contributed by atoms with Crippen molar-refractivity contribution in [3.63, 3.8) is 0 Å². The molecule has 2 unspecified atom stereocenters. The topological polar surface area (TPSA) is 79.8 Å². The predicted octanol–water partition coefficient (Wildman–Crippen LogP) is 5.09. The third kappa shape index (κ3) is 4.81. The average Bonchev–Trinajstić information content (AvgIpc) is 3.62. The molecule has 5 rings (SSSR count). The lowest BCUT2D eigenvalue weighted by Gasteiger charge is -2.29. The summed E-state index contributed by atoms with van der Waals surface area (Å²) in [7, 11) is -3.80. The van der Waals surface area contributed by atoms with Crippen LogP contribution in [0.4, 0.5) is 5.13 Å². The Hall–Kier alpha value is -2.33. The van der Waals surface area contributed by atoms with Crippen molar-refractivity contribution in [2.45, 2.75) is 69.4 Å². The Morgan fingerprint density at radius 3 is 2.64 bits per heavy atom. The van der Waals surface area contributed by atoms with E-state index < -0.39 is 16.1 Å². The maximum atomic E-state index is 14.1. The zero-order chi connectivity index (χ0) is 25.4. The second-order valence-corrected chi connectivity index (χ2v) is 12.9. The molecule has 192 valence electrons. The van der Waals surface area contributed by atoms with Crippen LogP contribution >= 0.6 is 11.3 Å². The first-order chi connectivity index (χ1) is 17.3. The van der Waals surface area contributed by atoms with E-state index in [2.05, 4.69) is 19.9 Å². The Bertz CT molecular complexity index is 1350. The molecule has 1 amide bonds. The molecule has 0 spiro atoms. The zero-order valence-electron chi connectivity index (χ0n) is 21.0. The van der Waals surface area contributed by atoms with Gasteiger partial charge in [0.15, 0.2) is 5.13 Å². The molecule has 3 heterocycles. The second kappa shape index (κ2) is 10.2. The van der Waals surface area contributed by atoms with Gasteiger partial charge in [0.2, 0.25) is 15.9 Å². The highest BCUT2D eigenvalue weighted by Crippen LogP contribution is 2.36. The summed E-state index contributed by atoms with van der Waals surface area (Å²) in [5.74, 6) is 0.0831. The van der Waals surface area contributed by atoms with Crippen LogP contribution in [0.15, 0.2) is 47.4 Å². The number of nitrogens with zero attached hydrogens (tertiary/aromatic N) is 3. The van der Waals surface area contributed by atoms with Gasteiger partial charge in [-0.3, -0.25) is 9.69 Å². The molecule has 2 aliphatic rings. The van der Waals surface area contributed by atoms with Gasteiger partial charge in [0.25, 0.3) is 0 Å². The Balaban J connectivity index is 1.51. The molecule has 0 radical (unpaired) electrons. The van der Waals surface area contributed by atoms with Crippen LogP contribution in [0.1, 0.15) is 56.6 Å². The first-order valence-corrected chi connectivity index (χ1v) is 14.9. The maximum Gasteiger partial charge on any atom is 0.247 e. The molecule has 0 aliphatic carbocycles. The lowest BCUT2D eigenvalue weighted by Crippen LogP contribution is -2.49. The van der Waals surface area contributed by atoms with E-state index in [0.29, 0.717) is 43.6 Å². The molecule has 2 aliphatic heterocycles. The fourth-order valence-electron chi connectivity index (χ4n) is 5.09. The van der Waals surface area contributed by atoms with Crippen molar-refractivity contribution >= 4 is 42.6 Å². The van der Waals surface area contributed by atoms with Gasteiger partial charge in [0, 0.05) is 13.2 Å². The normalized spacial score (nSPS) is 21.0. The van der Waals surface area contributed by atoms with Crippen molar-refractivity contribution in [1.82, 2.24) is 9.29 Å². The van der Waals surface area contributed by atoms with Gasteiger partial charge < -0.3 is 4.74 Å². The third-order valence-electron chi connectivity index (χ3n) is 7.08. The largest absolute Gasteiger partial charge is 0.376 e. The number of hydrogen-bond acceptors (Lipinski definition) is 6. The average molecular weight is 528 g/mol.